The maximum Gasteiger partial charge on any atom is 0.265 e. The second kappa shape index (κ2) is 5.32. The predicted octanol–water partition coefficient (Wildman–Crippen LogP) is 2.16. The summed E-state index contributed by atoms with van der Waals surface area (Å²) in [4.78, 5) is 23.5. The van der Waals surface area contributed by atoms with Crippen molar-refractivity contribution in [2.24, 2.45) is 0 Å². The Bertz CT molecular complexity index is 621. The summed E-state index contributed by atoms with van der Waals surface area (Å²) in [5.74, 6) is 1.51. The third kappa shape index (κ3) is 2.45. The molecular formula is C13H16N4O2S. The maximum absolute atomic E-state index is 12.5. The smallest absolute Gasteiger partial charge is 0.265 e. The quantitative estimate of drug-likeness (QED) is 0.848. The lowest BCUT2D eigenvalue weighted by molar-refractivity contribution is 0.0707. The molecule has 3 heterocycles. The van der Waals surface area contributed by atoms with Crippen molar-refractivity contribution in [3.05, 3.63) is 27.8 Å². The van der Waals surface area contributed by atoms with Crippen LogP contribution >= 0.6 is 11.3 Å². The monoisotopic (exact) mass is 292 g/mol. The third-order valence-electron chi connectivity index (χ3n) is 3.56. The summed E-state index contributed by atoms with van der Waals surface area (Å²) in [5, 5.41) is 3.98. The Morgan fingerprint density at radius 2 is 2.35 bits per heavy atom. The van der Waals surface area contributed by atoms with E-state index in [1.165, 1.54) is 11.3 Å². The van der Waals surface area contributed by atoms with Gasteiger partial charge in [-0.2, -0.15) is 4.98 Å². The molecule has 1 amide bonds. The Balaban J connectivity index is 1.75. The number of thiazole rings is 1. The Morgan fingerprint density at radius 1 is 1.50 bits per heavy atom. The van der Waals surface area contributed by atoms with Crippen LogP contribution in [0.15, 0.2) is 10.0 Å². The molecule has 0 bridgehead atoms. The first-order valence-electron chi connectivity index (χ1n) is 6.64. The summed E-state index contributed by atoms with van der Waals surface area (Å²) in [6.45, 7) is 5.08. The van der Waals surface area contributed by atoms with Gasteiger partial charge in [0.15, 0.2) is 5.82 Å². The second-order valence-corrected chi connectivity index (χ2v) is 5.88. The van der Waals surface area contributed by atoms with Crippen molar-refractivity contribution >= 4 is 17.2 Å². The molecule has 2 aromatic rings. The lowest BCUT2D eigenvalue weighted by Gasteiger charge is -2.31. The molecule has 0 aromatic carbocycles. The van der Waals surface area contributed by atoms with Crippen molar-refractivity contribution < 1.29 is 9.32 Å². The number of aromatic nitrogens is 3. The number of carbonyl (C=O) groups is 1. The van der Waals surface area contributed by atoms with Crippen LogP contribution in [0, 0.1) is 13.8 Å². The molecule has 0 radical (unpaired) electrons. The average Bonchev–Trinajstić information content (AvgIpc) is 3.07. The highest BCUT2D eigenvalue weighted by molar-refractivity contribution is 7.11. The van der Waals surface area contributed by atoms with E-state index < -0.39 is 0 Å². The molecule has 1 aliphatic rings. The maximum atomic E-state index is 12.5. The zero-order valence-corrected chi connectivity index (χ0v) is 12.3. The van der Waals surface area contributed by atoms with Crippen molar-refractivity contribution in [1.82, 2.24) is 20.0 Å². The molecule has 0 saturated carbocycles. The van der Waals surface area contributed by atoms with E-state index in [2.05, 4.69) is 15.1 Å². The molecule has 0 aliphatic carbocycles. The van der Waals surface area contributed by atoms with Gasteiger partial charge in [0.25, 0.3) is 5.91 Å². The number of aryl methyl sites for hydroxylation is 2. The van der Waals surface area contributed by atoms with Crippen molar-refractivity contribution in [2.75, 3.05) is 13.1 Å². The van der Waals surface area contributed by atoms with Crippen molar-refractivity contribution in [3.63, 3.8) is 0 Å². The van der Waals surface area contributed by atoms with Crippen molar-refractivity contribution in [2.45, 2.75) is 32.6 Å². The molecule has 2 aromatic heterocycles. The van der Waals surface area contributed by atoms with Crippen molar-refractivity contribution in [1.29, 1.82) is 0 Å². The first-order valence-corrected chi connectivity index (χ1v) is 7.52. The molecule has 0 unspecified atom stereocenters. The van der Waals surface area contributed by atoms with Gasteiger partial charge in [0.1, 0.15) is 4.88 Å². The number of carbonyl (C=O) groups excluding carboxylic acids is 1. The molecular weight excluding hydrogens is 276 g/mol. The average molecular weight is 292 g/mol. The molecule has 7 heteroatoms. The normalized spacial score (nSPS) is 19.3. The minimum absolute atomic E-state index is 0.0647. The first kappa shape index (κ1) is 13.2. The topological polar surface area (TPSA) is 72.1 Å². The number of amides is 1. The van der Waals surface area contributed by atoms with Gasteiger partial charge in [-0.05, 0) is 19.8 Å². The highest BCUT2D eigenvalue weighted by Crippen LogP contribution is 2.27. The van der Waals surface area contributed by atoms with E-state index in [-0.39, 0.29) is 11.8 Å². The summed E-state index contributed by atoms with van der Waals surface area (Å²) in [6, 6.07) is 0. The second-order valence-electron chi connectivity index (χ2n) is 5.03. The molecule has 0 spiro atoms. The van der Waals surface area contributed by atoms with Crippen molar-refractivity contribution in [3.8, 4) is 0 Å². The van der Waals surface area contributed by atoms with Crippen LogP contribution in [-0.2, 0) is 0 Å². The first-order chi connectivity index (χ1) is 9.65. The summed E-state index contributed by atoms with van der Waals surface area (Å²) in [5.41, 5.74) is 2.52. The fourth-order valence-electron chi connectivity index (χ4n) is 2.50. The molecule has 0 N–H and O–H groups in total. The van der Waals surface area contributed by atoms with Gasteiger partial charge in [-0.3, -0.25) is 4.79 Å². The van der Waals surface area contributed by atoms with Gasteiger partial charge < -0.3 is 9.42 Å². The lowest BCUT2D eigenvalue weighted by atomic mass is 9.97. The van der Waals surface area contributed by atoms with Gasteiger partial charge in [0.05, 0.1) is 11.2 Å². The summed E-state index contributed by atoms with van der Waals surface area (Å²) in [7, 11) is 0. The van der Waals surface area contributed by atoms with Gasteiger partial charge in [0, 0.05) is 25.9 Å². The fraction of sp³-hybridized carbons (Fsp3) is 0.538. The molecule has 106 valence electrons. The number of hydrogen-bond acceptors (Lipinski definition) is 6. The Morgan fingerprint density at radius 3 is 3.00 bits per heavy atom. The minimum Gasteiger partial charge on any atom is -0.340 e. The summed E-state index contributed by atoms with van der Waals surface area (Å²) >= 11 is 1.40. The third-order valence-corrected chi connectivity index (χ3v) is 4.47. The number of rotatable bonds is 2. The van der Waals surface area contributed by atoms with E-state index in [4.69, 9.17) is 4.52 Å². The van der Waals surface area contributed by atoms with Gasteiger partial charge >= 0.3 is 0 Å². The zero-order valence-electron chi connectivity index (χ0n) is 11.5. The van der Waals surface area contributed by atoms with E-state index in [0.717, 1.165) is 30.0 Å². The minimum atomic E-state index is 0.0647. The van der Waals surface area contributed by atoms with Crippen LogP contribution in [0.2, 0.25) is 0 Å². The number of hydrogen-bond donors (Lipinski definition) is 0. The van der Waals surface area contributed by atoms with E-state index >= 15 is 0 Å². The lowest BCUT2D eigenvalue weighted by Crippen LogP contribution is -2.39. The molecule has 1 saturated heterocycles. The van der Waals surface area contributed by atoms with Crippen LogP contribution in [0.4, 0.5) is 0 Å². The molecule has 6 nitrogen and oxygen atoms in total. The highest BCUT2D eigenvalue weighted by atomic mass is 32.1. The van der Waals surface area contributed by atoms with E-state index in [1.807, 2.05) is 11.8 Å². The van der Waals surface area contributed by atoms with Crippen LogP contribution in [0.3, 0.4) is 0 Å². The van der Waals surface area contributed by atoms with Gasteiger partial charge in [0.2, 0.25) is 5.89 Å². The number of nitrogens with zero attached hydrogens (tertiary/aromatic N) is 4. The Kier molecular flexibility index (Phi) is 3.52. The zero-order chi connectivity index (χ0) is 14.1. The standard InChI is InChI=1S/C13H16N4O2S/c1-8-11(20-7-14-8)13(18)17-5-3-4-10(6-17)12-15-9(2)19-16-12/h7,10H,3-6H2,1-2H3/t10-/m0/s1. The Hall–Kier alpha value is -1.76. The number of likely N-dealkylation sites (tertiary alicyclic amines) is 1. The van der Waals surface area contributed by atoms with Crippen LogP contribution in [0.25, 0.3) is 0 Å². The fourth-order valence-corrected chi connectivity index (χ4v) is 3.27. The van der Waals surface area contributed by atoms with Crippen LogP contribution < -0.4 is 0 Å². The van der Waals surface area contributed by atoms with Crippen LogP contribution in [0.5, 0.6) is 0 Å². The predicted molar refractivity (Wildman–Crippen MR) is 73.8 cm³/mol. The van der Waals surface area contributed by atoms with E-state index in [0.29, 0.717) is 18.3 Å². The largest absolute Gasteiger partial charge is 0.340 e. The highest BCUT2D eigenvalue weighted by Gasteiger charge is 2.29. The molecule has 1 atom stereocenters. The van der Waals surface area contributed by atoms with Gasteiger partial charge in [-0.15, -0.1) is 11.3 Å². The van der Waals surface area contributed by atoms with E-state index in [9.17, 15) is 4.79 Å². The van der Waals surface area contributed by atoms with Crippen LogP contribution in [-0.4, -0.2) is 39.0 Å². The molecule has 1 fully saturated rings. The Labute approximate surface area is 120 Å². The van der Waals surface area contributed by atoms with Crippen LogP contribution in [0.1, 0.15) is 45.8 Å². The molecule has 3 rings (SSSR count). The molecule has 1 aliphatic heterocycles. The summed E-state index contributed by atoms with van der Waals surface area (Å²) in [6.07, 6.45) is 1.95. The number of piperidine rings is 1. The van der Waals surface area contributed by atoms with Gasteiger partial charge in [-0.1, -0.05) is 5.16 Å². The summed E-state index contributed by atoms with van der Waals surface area (Å²) < 4.78 is 5.03. The SMILES string of the molecule is Cc1nc([C@H]2CCCN(C(=O)c3scnc3C)C2)no1. The van der Waals surface area contributed by atoms with Gasteiger partial charge in [-0.25, -0.2) is 4.98 Å². The van der Waals surface area contributed by atoms with E-state index in [1.54, 1.807) is 12.4 Å². The molecule has 20 heavy (non-hydrogen) atoms.